The third kappa shape index (κ3) is 3.44. The average Bonchev–Trinajstić information content (AvgIpc) is 3.91. The summed E-state index contributed by atoms with van der Waals surface area (Å²) in [5.41, 5.74) is 13.0. The van der Waals surface area contributed by atoms with Gasteiger partial charge in [0, 0.05) is 28.2 Å². The van der Waals surface area contributed by atoms with Crippen LogP contribution in [0.15, 0.2) is 152 Å². The smallest absolute Gasteiger partial charge is 0.0887 e. The molecule has 5 unspecified atom stereocenters. The van der Waals surface area contributed by atoms with E-state index in [1.165, 1.54) is 29.5 Å². The first-order chi connectivity index (χ1) is 23.5. The molecule has 0 N–H and O–H groups in total. The van der Waals surface area contributed by atoms with Gasteiger partial charge >= 0.3 is 0 Å². The molecule has 2 nitrogen and oxygen atoms in total. The van der Waals surface area contributed by atoms with E-state index in [-0.39, 0.29) is 5.41 Å². The molecule has 6 aromatic rings. The molecular formula is C45H37ClN2. The van der Waals surface area contributed by atoms with Gasteiger partial charge in [0.25, 0.3) is 0 Å². The Bertz CT molecular complexity index is 2180. The van der Waals surface area contributed by atoms with Crippen molar-refractivity contribution in [3.63, 3.8) is 0 Å². The molecule has 4 aliphatic carbocycles. The minimum absolute atomic E-state index is 0.0980. The maximum Gasteiger partial charge on any atom is 0.0887 e. The molecule has 0 bridgehead atoms. The van der Waals surface area contributed by atoms with E-state index in [1.807, 2.05) is 0 Å². The molecule has 10 rings (SSSR count). The second-order valence-corrected chi connectivity index (χ2v) is 14.9. The molecule has 48 heavy (non-hydrogen) atoms. The lowest BCUT2D eigenvalue weighted by Gasteiger charge is -2.38. The van der Waals surface area contributed by atoms with E-state index in [4.69, 9.17) is 11.6 Å². The minimum Gasteiger partial charge on any atom is -0.309 e. The number of rotatable bonds is 6. The van der Waals surface area contributed by atoms with Crippen LogP contribution in [0.1, 0.15) is 37.8 Å². The van der Waals surface area contributed by atoms with E-state index in [0.29, 0.717) is 15.9 Å². The predicted molar refractivity (Wildman–Crippen MR) is 199 cm³/mol. The van der Waals surface area contributed by atoms with Crippen molar-refractivity contribution in [1.82, 2.24) is 0 Å². The molecule has 0 aliphatic heterocycles. The standard InChI is InChI=1S/C45H37ClN2/c1-30-43(2)44(30)28-31(44)29-45(43)38-22-13-12-21-36(38)37-27-35(25-26-39(37)45)48(34-19-10-5-11-20-34)41-24-14-23-40(42(41)46)47(32-15-6-3-7-16-32)33-17-8-4-9-18-33/h3-27,30-31H,28-29H2,1-2H3. The maximum atomic E-state index is 7.59. The minimum atomic E-state index is 0.0980. The Labute approximate surface area is 288 Å². The first-order valence-electron chi connectivity index (χ1n) is 17.3. The van der Waals surface area contributed by atoms with Crippen LogP contribution in [-0.4, -0.2) is 0 Å². The van der Waals surface area contributed by atoms with Gasteiger partial charge in [0.2, 0.25) is 0 Å². The lowest BCUT2D eigenvalue weighted by Crippen LogP contribution is -2.35. The molecule has 4 aliphatic rings. The molecule has 0 aromatic heterocycles. The molecule has 6 aromatic carbocycles. The monoisotopic (exact) mass is 640 g/mol. The Morgan fingerprint density at radius 1 is 0.542 bits per heavy atom. The van der Waals surface area contributed by atoms with E-state index in [2.05, 4.69) is 175 Å². The molecule has 5 atom stereocenters. The maximum absolute atomic E-state index is 7.59. The number of fused-ring (bicyclic) bond motifs is 6. The van der Waals surface area contributed by atoms with Crippen molar-refractivity contribution in [2.75, 3.05) is 9.80 Å². The Balaban J connectivity index is 1.16. The van der Waals surface area contributed by atoms with Crippen LogP contribution in [-0.2, 0) is 5.41 Å². The normalized spacial score (nSPS) is 26.7. The quantitative estimate of drug-likeness (QED) is 0.179. The highest BCUT2D eigenvalue weighted by molar-refractivity contribution is 6.36. The molecule has 3 heteroatoms. The average molecular weight is 641 g/mol. The van der Waals surface area contributed by atoms with Gasteiger partial charge in [-0.25, -0.2) is 0 Å². The van der Waals surface area contributed by atoms with Crippen LogP contribution >= 0.6 is 11.6 Å². The van der Waals surface area contributed by atoms with Crippen LogP contribution in [0, 0.1) is 22.7 Å². The highest BCUT2D eigenvalue weighted by atomic mass is 35.5. The van der Waals surface area contributed by atoms with Crippen LogP contribution in [0.2, 0.25) is 5.02 Å². The molecule has 2 spiro atoms. The SMILES string of the molecule is CC1C23CC2CC2(c4ccccc4-c4cc(N(c5ccccc5)c5cccc(N(c6ccccc6)c6ccccc6)c5Cl)ccc42)C13C. The first kappa shape index (κ1) is 28.2. The number of anilines is 6. The van der Waals surface area contributed by atoms with Crippen molar-refractivity contribution in [3.8, 4) is 11.1 Å². The summed E-state index contributed by atoms with van der Waals surface area (Å²) in [6, 6.07) is 54.5. The molecule has 0 amide bonds. The summed E-state index contributed by atoms with van der Waals surface area (Å²) in [4.78, 5) is 4.58. The predicted octanol–water partition coefficient (Wildman–Crippen LogP) is 12.6. The van der Waals surface area contributed by atoms with Gasteiger partial charge in [0.15, 0.2) is 0 Å². The van der Waals surface area contributed by atoms with Gasteiger partial charge in [-0.05, 0) is 118 Å². The zero-order chi connectivity index (χ0) is 32.3. The lowest BCUT2D eigenvalue weighted by molar-refractivity contribution is 0.295. The van der Waals surface area contributed by atoms with E-state index in [9.17, 15) is 0 Å². The summed E-state index contributed by atoms with van der Waals surface area (Å²) in [5.74, 6) is 1.62. The Morgan fingerprint density at radius 2 is 1.06 bits per heavy atom. The van der Waals surface area contributed by atoms with Gasteiger partial charge in [0.1, 0.15) is 0 Å². The number of halogens is 1. The summed E-state index contributed by atoms with van der Waals surface area (Å²) >= 11 is 7.59. The molecular weight excluding hydrogens is 604 g/mol. The number of para-hydroxylation sites is 3. The molecule has 0 saturated heterocycles. The second-order valence-electron chi connectivity index (χ2n) is 14.5. The molecule has 3 saturated carbocycles. The van der Waals surface area contributed by atoms with Crippen molar-refractivity contribution in [2.45, 2.75) is 32.1 Å². The van der Waals surface area contributed by atoms with Crippen molar-refractivity contribution in [2.24, 2.45) is 22.7 Å². The van der Waals surface area contributed by atoms with Crippen LogP contribution in [0.3, 0.4) is 0 Å². The highest BCUT2D eigenvalue weighted by Crippen LogP contribution is 2.97. The van der Waals surface area contributed by atoms with Crippen LogP contribution in [0.4, 0.5) is 34.1 Å². The van der Waals surface area contributed by atoms with Crippen molar-refractivity contribution in [3.05, 3.63) is 168 Å². The summed E-state index contributed by atoms with van der Waals surface area (Å²) in [7, 11) is 0. The van der Waals surface area contributed by atoms with Crippen molar-refractivity contribution in [1.29, 1.82) is 0 Å². The van der Waals surface area contributed by atoms with Crippen LogP contribution < -0.4 is 9.80 Å². The largest absolute Gasteiger partial charge is 0.309 e. The fraction of sp³-hybridized carbons (Fsp3) is 0.200. The van der Waals surface area contributed by atoms with E-state index >= 15 is 0 Å². The van der Waals surface area contributed by atoms with Gasteiger partial charge in [0.05, 0.1) is 16.4 Å². The number of benzene rings is 6. The molecule has 3 fully saturated rings. The zero-order valence-corrected chi connectivity index (χ0v) is 28.0. The first-order valence-corrected chi connectivity index (χ1v) is 17.7. The van der Waals surface area contributed by atoms with Gasteiger partial charge in [-0.2, -0.15) is 0 Å². The van der Waals surface area contributed by atoms with E-state index in [1.54, 1.807) is 5.56 Å². The van der Waals surface area contributed by atoms with Crippen molar-refractivity contribution >= 4 is 45.7 Å². The Hall–Kier alpha value is -4.79. The third-order valence-electron chi connectivity index (χ3n) is 13.0. The van der Waals surface area contributed by atoms with Gasteiger partial charge < -0.3 is 9.80 Å². The molecule has 0 radical (unpaired) electrons. The van der Waals surface area contributed by atoms with Gasteiger partial charge in [-0.3, -0.25) is 0 Å². The highest BCUT2D eigenvalue weighted by Gasteiger charge is 2.93. The second kappa shape index (κ2) is 9.87. The van der Waals surface area contributed by atoms with Crippen molar-refractivity contribution < 1.29 is 0 Å². The fourth-order valence-electron chi connectivity index (χ4n) is 10.8. The number of nitrogens with zero attached hydrogens (tertiary/aromatic N) is 2. The topological polar surface area (TPSA) is 6.48 Å². The van der Waals surface area contributed by atoms with E-state index in [0.717, 1.165) is 46.0 Å². The summed E-state index contributed by atoms with van der Waals surface area (Å²) < 4.78 is 0. The summed E-state index contributed by atoms with van der Waals surface area (Å²) in [6.45, 7) is 5.13. The third-order valence-corrected chi connectivity index (χ3v) is 13.4. The number of hydrogen-bond donors (Lipinski definition) is 0. The summed E-state index contributed by atoms with van der Waals surface area (Å²) in [5, 5.41) is 0.698. The summed E-state index contributed by atoms with van der Waals surface area (Å²) in [6.07, 6.45) is 2.70. The fourth-order valence-corrected chi connectivity index (χ4v) is 11.1. The Kier molecular flexibility index (Phi) is 5.81. The lowest BCUT2D eigenvalue weighted by atomic mass is 9.64. The van der Waals surface area contributed by atoms with Gasteiger partial charge in [-0.1, -0.05) is 116 Å². The Morgan fingerprint density at radius 3 is 1.62 bits per heavy atom. The molecule has 234 valence electrons. The molecule has 0 heterocycles. The van der Waals surface area contributed by atoms with Crippen LogP contribution in [0.5, 0.6) is 0 Å². The zero-order valence-electron chi connectivity index (χ0n) is 27.3. The van der Waals surface area contributed by atoms with Gasteiger partial charge in [-0.15, -0.1) is 0 Å². The van der Waals surface area contributed by atoms with E-state index < -0.39 is 0 Å². The number of hydrogen-bond acceptors (Lipinski definition) is 2. The van der Waals surface area contributed by atoms with Crippen LogP contribution in [0.25, 0.3) is 11.1 Å².